The van der Waals surface area contributed by atoms with Crippen molar-refractivity contribution in [3.63, 3.8) is 0 Å². The molecule has 0 aromatic heterocycles. The lowest BCUT2D eigenvalue weighted by Crippen LogP contribution is -2.26. The third-order valence-corrected chi connectivity index (χ3v) is 2.66. The Morgan fingerprint density at radius 3 is 2.59 bits per heavy atom. The second-order valence-electron chi connectivity index (χ2n) is 4.15. The van der Waals surface area contributed by atoms with E-state index in [-0.39, 0.29) is 12.4 Å². The summed E-state index contributed by atoms with van der Waals surface area (Å²) in [6, 6.07) is 6.35. The number of methoxy groups -OCH3 is 1. The number of hydrogen-bond donors (Lipinski definition) is 1. The summed E-state index contributed by atoms with van der Waals surface area (Å²) >= 11 is 0. The van der Waals surface area contributed by atoms with Gasteiger partial charge in [-0.1, -0.05) is 12.1 Å². The van der Waals surface area contributed by atoms with Crippen LogP contribution in [0.3, 0.4) is 0 Å². The van der Waals surface area contributed by atoms with Crippen LogP contribution in [-0.2, 0) is 6.54 Å². The molecule has 0 atom stereocenters. The normalized spacial score (nSPS) is 10.2. The number of halogens is 1. The zero-order valence-corrected chi connectivity index (χ0v) is 11.9. The van der Waals surface area contributed by atoms with Gasteiger partial charge in [0.25, 0.3) is 0 Å². The maximum Gasteiger partial charge on any atom is 0.121 e. The van der Waals surface area contributed by atoms with Crippen molar-refractivity contribution in [3.8, 4) is 5.75 Å². The van der Waals surface area contributed by atoms with Crippen LogP contribution < -0.4 is 10.1 Å². The number of aryl methyl sites for hydroxylation is 1. The van der Waals surface area contributed by atoms with Crippen LogP contribution in [-0.4, -0.2) is 39.2 Å². The molecule has 0 fully saturated rings. The molecule has 0 unspecified atom stereocenters. The van der Waals surface area contributed by atoms with Crippen LogP contribution in [0.5, 0.6) is 5.75 Å². The SMILES string of the molecule is CNCCN(C)Cc1ccc(OC)c(C)c1.Cl. The first kappa shape index (κ1) is 16.2. The third-order valence-electron chi connectivity index (χ3n) is 2.66. The second kappa shape index (κ2) is 8.34. The van der Waals surface area contributed by atoms with E-state index in [4.69, 9.17) is 4.74 Å². The molecule has 3 nitrogen and oxygen atoms in total. The van der Waals surface area contributed by atoms with Crippen molar-refractivity contribution in [1.29, 1.82) is 0 Å². The van der Waals surface area contributed by atoms with Crippen LogP contribution in [0.1, 0.15) is 11.1 Å². The fourth-order valence-electron chi connectivity index (χ4n) is 1.73. The summed E-state index contributed by atoms with van der Waals surface area (Å²) < 4.78 is 5.25. The first-order chi connectivity index (χ1) is 7.67. The monoisotopic (exact) mass is 258 g/mol. The van der Waals surface area contributed by atoms with Gasteiger partial charge in [-0.05, 0) is 38.2 Å². The number of nitrogens with zero attached hydrogens (tertiary/aromatic N) is 1. The van der Waals surface area contributed by atoms with Crippen molar-refractivity contribution in [2.24, 2.45) is 0 Å². The van der Waals surface area contributed by atoms with E-state index in [9.17, 15) is 0 Å². The lowest BCUT2D eigenvalue weighted by molar-refractivity contribution is 0.328. The van der Waals surface area contributed by atoms with Gasteiger partial charge in [0, 0.05) is 19.6 Å². The standard InChI is InChI=1S/C13H22N2O.ClH/c1-11-9-12(5-6-13(11)16-4)10-15(3)8-7-14-2;/h5-6,9,14H,7-8,10H2,1-4H3;1H. The Bertz CT molecular complexity index is 331. The molecule has 0 saturated heterocycles. The van der Waals surface area contributed by atoms with E-state index in [1.165, 1.54) is 11.1 Å². The van der Waals surface area contributed by atoms with Crippen LogP contribution >= 0.6 is 12.4 Å². The molecule has 17 heavy (non-hydrogen) atoms. The number of rotatable bonds is 6. The molecule has 0 bridgehead atoms. The molecular formula is C13H23ClN2O. The molecule has 98 valence electrons. The Labute approximate surface area is 111 Å². The van der Waals surface area contributed by atoms with E-state index in [1.54, 1.807) is 7.11 Å². The molecule has 0 saturated carbocycles. The van der Waals surface area contributed by atoms with E-state index in [0.29, 0.717) is 0 Å². The highest BCUT2D eigenvalue weighted by atomic mass is 35.5. The molecule has 0 aliphatic rings. The third kappa shape index (κ3) is 5.39. The summed E-state index contributed by atoms with van der Waals surface area (Å²) in [5, 5.41) is 3.15. The lowest BCUT2D eigenvalue weighted by atomic mass is 10.1. The number of ether oxygens (including phenoxy) is 1. The summed E-state index contributed by atoms with van der Waals surface area (Å²) in [5.41, 5.74) is 2.53. The van der Waals surface area contributed by atoms with E-state index in [2.05, 4.69) is 36.3 Å². The van der Waals surface area contributed by atoms with Gasteiger partial charge in [0.1, 0.15) is 5.75 Å². The molecule has 0 aliphatic heterocycles. The van der Waals surface area contributed by atoms with Crippen molar-refractivity contribution in [1.82, 2.24) is 10.2 Å². The maximum atomic E-state index is 5.25. The maximum absolute atomic E-state index is 5.25. The zero-order chi connectivity index (χ0) is 12.0. The van der Waals surface area contributed by atoms with Gasteiger partial charge < -0.3 is 15.0 Å². The van der Waals surface area contributed by atoms with Gasteiger partial charge in [-0.25, -0.2) is 0 Å². The Hall–Kier alpha value is -0.770. The molecule has 1 N–H and O–H groups in total. The smallest absolute Gasteiger partial charge is 0.121 e. The molecular weight excluding hydrogens is 236 g/mol. The van der Waals surface area contributed by atoms with Gasteiger partial charge in [0.2, 0.25) is 0 Å². The fourth-order valence-corrected chi connectivity index (χ4v) is 1.73. The molecule has 0 heterocycles. The Balaban J connectivity index is 0.00000256. The average molecular weight is 259 g/mol. The minimum atomic E-state index is 0. The van der Waals surface area contributed by atoms with Crippen LogP contribution in [0.2, 0.25) is 0 Å². The zero-order valence-electron chi connectivity index (χ0n) is 11.1. The van der Waals surface area contributed by atoms with Gasteiger partial charge in [-0.15, -0.1) is 12.4 Å². The molecule has 0 amide bonds. The van der Waals surface area contributed by atoms with Crippen LogP contribution in [0.4, 0.5) is 0 Å². The highest BCUT2D eigenvalue weighted by molar-refractivity contribution is 5.85. The number of nitrogens with one attached hydrogen (secondary N) is 1. The lowest BCUT2D eigenvalue weighted by Gasteiger charge is -2.17. The summed E-state index contributed by atoms with van der Waals surface area (Å²) in [7, 11) is 5.82. The predicted molar refractivity (Wildman–Crippen MR) is 75.2 cm³/mol. The predicted octanol–water partition coefficient (Wildman–Crippen LogP) is 2.08. The van der Waals surface area contributed by atoms with Gasteiger partial charge in [0.15, 0.2) is 0 Å². The fraction of sp³-hybridized carbons (Fsp3) is 0.538. The first-order valence-corrected chi connectivity index (χ1v) is 5.64. The summed E-state index contributed by atoms with van der Waals surface area (Å²) in [6.45, 7) is 5.13. The van der Waals surface area contributed by atoms with E-state index in [1.807, 2.05) is 13.1 Å². The van der Waals surface area contributed by atoms with Crippen molar-refractivity contribution < 1.29 is 4.74 Å². The summed E-state index contributed by atoms with van der Waals surface area (Å²) in [5.74, 6) is 0.960. The van der Waals surface area contributed by atoms with Crippen LogP contribution in [0.25, 0.3) is 0 Å². The van der Waals surface area contributed by atoms with Gasteiger partial charge in [0.05, 0.1) is 7.11 Å². The molecule has 1 aromatic carbocycles. The largest absolute Gasteiger partial charge is 0.496 e. The van der Waals surface area contributed by atoms with Crippen molar-refractivity contribution in [2.75, 3.05) is 34.3 Å². The van der Waals surface area contributed by atoms with Crippen molar-refractivity contribution in [3.05, 3.63) is 29.3 Å². The molecule has 1 rings (SSSR count). The van der Waals surface area contributed by atoms with Crippen LogP contribution in [0, 0.1) is 6.92 Å². The summed E-state index contributed by atoms with van der Waals surface area (Å²) in [6.07, 6.45) is 0. The van der Waals surface area contributed by atoms with E-state index in [0.717, 1.165) is 25.4 Å². The van der Waals surface area contributed by atoms with Gasteiger partial charge >= 0.3 is 0 Å². The van der Waals surface area contributed by atoms with Gasteiger partial charge in [-0.3, -0.25) is 0 Å². The average Bonchev–Trinajstić information content (AvgIpc) is 2.26. The Morgan fingerprint density at radius 2 is 2.06 bits per heavy atom. The quantitative estimate of drug-likeness (QED) is 0.846. The van der Waals surface area contributed by atoms with E-state index >= 15 is 0 Å². The Morgan fingerprint density at radius 1 is 1.35 bits per heavy atom. The Kier molecular flexibility index (Phi) is 7.96. The second-order valence-corrected chi connectivity index (χ2v) is 4.15. The van der Waals surface area contributed by atoms with E-state index < -0.39 is 0 Å². The summed E-state index contributed by atoms with van der Waals surface area (Å²) in [4.78, 5) is 2.30. The molecule has 0 radical (unpaired) electrons. The van der Waals surface area contributed by atoms with Crippen molar-refractivity contribution in [2.45, 2.75) is 13.5 Å². The number of hydrogen-bond acceptors (Lipinski definition) is 3. The van der Waals surface area contributed by atoms with Gasteiger partial charge in [-0.2, -0.15) is 0 Å². The molecule has 1 aromatic rings. The first-order valence-electron chi connectivity index (χ1n) is 5.64. The topological polar surface area (TPSA) is 24.5 Å². The number of benzene rings is 1. The number of likely N-dealkylation sites (N-methyl/N-ethyl adjacent to an activating group) is 2. The minimum Gasteiger partial charge on any atom is -0.496 e. The highest BCUT2D eigenvalue weighted by Gasteiger charge is 2.02. The van der Waals surface area contributed by atoms with Crippen LogP contribution in [0.15, 0.2) is 18.2 Å². The minimum absolute atomic E-state index is 0. The molecule has 4 heteroatoms. The molecule has 0 spiro atoms. The van der Waals surface area contributed by atoms with Crippen molar-refractivity contribution >= 4 is 12.4 Å². The highest BCUT2D eigenvalue weighted by Crippen LogP contribution is 2.18. The molecule has 0 aliphatic carbocycles.